The Morgan fingerprint density at radius 3 is 3.07 bits per heavy atom. The number of aromatic nitrogens is 1. The molecule has 0 bridgehead atoms. The van der Waals surface area contributed by atoms with Crippen molar-refractivity contribution in [1.29, 1.82) is 0 Å². The SMILES string of the molecule is CC(=O)c1cc2cccc3c2n1CCC3. The molecule has 0 amide bonds. The van der Waals surface area contributed by atoms with Gasteiger partial charge in [-0.3, -0.25) is 4.79 Å². The monoisotopic (exact) mass is 199 g/mol. The van der Waals surface area contributed by atoms with E-state index in [1.165, 1.54) is 16.5 Å². The van der Waals surface area contributed by atoms with Gasteiger partial charge in [-0.05, 0) is 24.5 Å². The molecule has 1 aromatic heterocycles. The van der Waals surface area contributed by atoms with Gasteiger partial charge in [-0.15, -0.1) is 0 Å². The normalized spacial score (nSPS) is 14.5. The molecular weight excluding hydrogens is 186 g/mol. The molecule has 15 heavy (non-hydrogen) atoms. The average molecular weight is 199 g/mol. The van der Waals surface area contributed by atoms with Crippen LogP contribution < -0.4 is 0 Å². The first-order valence-electron chi connectivity index (χ1n) is 5.39. The molecule has 1 aliphatic rings. The number of Topliss-reactive ketones (excluding diaryl/α,β-unsaturated/α-hetero) is 1. The summed E-state index contributed by atoms with van der Waals surface area (Å²) in [7, 11) is 0. The summed E-state index contributed by atoms with van der Waals surface area (Å²) >= 11 is 0. The molecule has 1 aliphatic heterocycles. The first-order valence-corrected chi connectivity index (χ1v) is 5.39. The van der Waals surface area contributed by atoms with Gasteiger partial charge in [0.1, 0.15) is 0 Å². The molecule has 2 heterocycles. The van der Waals surface area contributed by atoms with Gasteiger partial charge in [0.05, 0.1) is 11.2 Å². The number of hydrogen-bond acceptors (Lipinski definition) is 1. The van der Waals surface area contributed by atoms with Crippen LogP contribution in [0.4, 0.5) is 0 Å². The van der Waals surface area contributed by atoms with E-state index in [0.717, 1.165) is 25.1 Å². The molecule has 0 fully saturated rings. The van der Waals surface area contributed by atoms with Crippen molar-refractivity contribution in [2.75, 3.05) is 0 Å². The number of carbonyl (C=O) groups is 1. The van der Waals surface area contributed by atoms with E-state index in [2.05, 4.69) is 22.8 Å². The molecule has 0 atom stereocenters. The summed E-state index contributed by atoms with van der Waals surface area (Å²) < 4.78 is 2.18. The van der Waals surface area contributed by atoms with E-state index in [1.807, 2.05) is 6.07 Å². The van der Waals surface area contributed by atoms with Gasteiger partial charge in [0.15, 0.2) is 5.78 Å². The molecule has 76 valence electrons. The molecule has 2 heteroatoms. The molecule has 2 aromatic rings. The lowest BCUT2D eigenvalue weighted by molar-refractivity contribution is 0.100. The maximum absolute atomic E-state index is 11.5. The Kier molecular flexibility index (Phi) is 1.72. The molecule has 0 aliphatic carbocycles. The largest absolute Gasteiger partial charge is 0.338 e. The number of benzene rings is 1. The summed E-state index contributed by atoms with van der Waals surface area (Å²) in [6, 6.07) is 8.36. The second-order valence-corrected chi connectivity index (χ2v) is 4.20. The highest BCUT2D eigenvalue weighted by atomic mass is 16.1. The van der Waals surface area contributed by atoms with E-state index in [1.54, 1.807) is 6.92 Å². The molecule has 0 saturated carbocycles. The minimum Gasteiger partial charge on any atom is -0.338 e. The minimum absolute atomic E-state index is 0.166. The highest BCUT2D eigenvalue weighted by molar-refractivity contribution is 5.99. The summed E-state index contributed by atoms with van der Waals surface area (Å²) in [4.78, 5) is 11.5. The van der Waals surface area contributed by atoms with Gasteiger partial charge in [0.2, 0.25) is 0 Å². The van der Waals surface area contributed by atoms with Gasteiger partial charge in [0, 0.05) is 18.9 Å². The Bertz CT molecular complexity index is 551. The van der Waals surface area contributed by atoms with Gasteiger partial charge in [-0.25, -0.2) is 0 Å². The summed E-state index contributed by atoms with van der Waals surface area (Å²) in [5, 5.41) is 1.21. The summed E-state index contributed by atoms with van der Waals surface area (Å²) in [5.41, 5.74) is 3.51. The zero-order chi connectivity index (χ0) is 10.4. The fourth-order valence-electron chi connectivity index (χ4n) is 2.56. The Hall–Kier alpha value is -1.57. The molecule has 2 nitrogen and oxygen atoms in total. The van der Waals surface area contributed by atoms with Crippen LogP contribution in [0.15, 0.2) is 24.3 Å². The maximum atomic E-state index is 11.5. The van der Waals surface area contributed by atoms with Crippen LogP contribution in [-0.4, -0.2) is 10.4 Å². The van der Waals surface area contributed by atoms with Crippen LogP contribution in [0, 0.1) is 0 Å². The van der Waals surface area contributed by atoms with E-state index < -0.39 is 0 Å². The van der Waals surface area contributed by atoms with Crippen molar-refractivity contribution in [3.63, 3.8) is 0 Å². The first-order chi connectivity index (χ1) is 7.27. The summed E-state index contributed by atoms with van der Waals surface area (Å²) in [6.07, 6.45) is 2.28. The Labute approximate surface area is 88.5 Å². The molecule has 0 spiro atoms. The number of nitrogens with zero attached hydrogens (tertiary/aromatic N) is 1. The zero-order valence-electron chi connectivity index (χ0n) is 8.79. The maximum Gasteiger partial charge on any atom is 0.176 e. The van der Waals surface area contributed by atoms with Gasteiger partial charge < -0.3 is 4.57 Å². The van der Waals surface area contributed by atoms with Crippen LogP contribution in [0.3, 0.4) is 0 Å². The molecule has 0 radical (unpaired) electrons. The Balaban J connectivity index is 2.43. The van der Waals surface area contributed by atoms with Crippen molar-refractivity contribution in [3.8, 4) is 0 Å². The zero-order valence-corrected chi connectivity index (χ0v) is 8.79. The third kappa shape index (κ3) is 1.14. The second kappa shape index (κ2) is 2.96. The second-order valence-electron chi connectivity index (χ2n) is 4.20. The van der Waals surface area contributed by atoms with E-state index in [0.29, 0.717) is 0 Å². The molecule has 0 unspecified atom stereocenters. The number of rotatable bonds is 1. The first kappa shape index (κ1) is 8.72. The highest BCUT2D eigenvalue weighted by Crippen LogP contribution is 2.28. The Morgan fingerprint density at radius 1 is 1.40 bits per heavy atom. The van der Waals surface area contributed by atoms with E-state index in [4.69, 9.17) is 0 Å². The van der Waals surface area contributed by atoms with Crippen molar-refractivity contribution in [2.24, 2.45) is 0 Å². The smallest absolute Gasteiger partial charge is 0.176 e. The van der Waals surface area contributed by atoms with E-state index in [-0.39, 0.29) is 5.78 Å². The fraction of sp³-hybridized carbons (Fsp3) is 0.308. The van der Waals surface area contributed by atoms with Crippen LogP contribution in [0.25, 0.3) is 10.9 Å². The van der Waals surface area contributed by atoms with Crippen molar-refractivity contribution >= 4 is 16.7 Å². The topological polar surface area (TPSA) is 22.0 Å². The van der Waals surface area contributed by atoms with Crippen LogP contribution in [0.1, 0.15) is 29.4 Å². The number of para-hydroxylation sites is 1. The number of aryl methyl sites for hydroxylation is 2. The summed E-state index contributed by atoms with van der Waals surface area (Å²) in [5.74, 6) is 0.166. The number of carbonyl (C=O) groups excluding carboxylic acids is 1. The number of hydrogen-bond donors (Lipinski definition) is 0. The van der Waals surface area contributed by atoms with Crippen molar-refractivity contribution in [2.45, 2.75) is 26.3 Å². The van der Waals surface area contributed by atoms with Crippen LogP contribution >= 0.6 is 0 Å². The predicted octanol–water partition coefficient (Wildman–Crippen LogP) is 2.79. The van der Waals surface area contributed by atoms with Gasteiger partial charge >= 0.3 is 0 Å². The van der Waals surface area contributed by atoms with Crippen molar-refractivity contribution < 1.29 is 4.79 Å². The quantitative estimate of drug-likeness (QED) is 0.647. The fourth-order valence-corrected chi connectivity index (χ4v) is 2.56. The lowest BCUT2D eigenvalue weighted by atomic mass is 10.0. The van der Waals surface area contributed by atoms with Crippen LogP contribution in [0.2, 0.25) is 0 Å². The highest BCUT2D eigenvalue weighted by Gasteiger charge is 2.17. The molecular formula is C13H13NO. The predicted molar refractivity (Wildman–Crippen MR) is 60.3 cm³/mol. The third-order valence-corrected chi connectivity index (χ3v) is 3.19. The third-order valence-electron chi connectivity index (χ3n) is 3.19. The lowest BCUT2D eigenvalue weighted by Gasteiger charge is -2.16. The molecule has 0 N–H and O–H groups in total. The van der Waals surface area contributed by atoms with Crippen LogP contribution in [0.5, 0.6) is 0 Å². The lowest BCUT2D eigenvalue weighted by Crippen LogP contribution is -2.12. The van der Waals surface area contributed by atoms with Gasteiger partial charge in [0.25, 0.3) is 0 Å². The molecule has 1 aromatic carbocycles. The van der Waals surface area contributed by atoms with Crippen molar-refractivity contribution in [3.05, 3.63) is 35.5 Å². The molecule has 0 saturated heterocycles. The molecule has 3 rings (SSSR count). The Morgan fingerprint density at radius 2 is 2.27 bits per heavy atom. The minimum atomic E-state index is 0.166. The van der Waals surface area contributed by atoms with Crippen LogP contribution in [-0.2, 0) is 13.0 Å². The van der Waals surface area contributed by atoms with Gasteiger partial charge in [-0.1, -0.05) is 18.2 Å². The standard InChI is InChI=1S/C13H13NO/c1-9(15)12-8-11-5-2-4-10-6-3-7-14(12)13(10)11/h2,4-5,8H,3,6-7H2,1H3. The van der Waals surface area contributed by atoms with Crippen molar-refractivity contribution in [1.82, 2.24) is 4.57 Å². The summed E-state index contributed by atoms with van der Waals surface area (Å²) in [6.45, 7) is 2.63. The number of ketones is 1. The van der Waals surface area contributed by atoms with Gasteiger partial charge in [-0.2, -0.15) is 0 Å². The van der Waals surface area contributed by atoms with E-state index in [9.17, 15) is 4.79 Å². The van der Waals surface area contributed by atoms with E-state index >= 15 is 0 Å². The average Bonchev–Trinajstić information content (AvgIpc) is 2.61.